The largest absolute Gasteiger partial charge is 0.508 e. The van der Waals surface area contributed by atoms with Gasteiger partial charge in [-0.25, -0.2) is 4.79 Å². The molecule has 0 aliphatic heterocycles. The smallest absolute Gasteiger partial charge is 0.356 e. The van der Waals surface area contributed by atoms with Gasteiger partial charge in [-0.05, 0) is 62.6 Å². The Balaban J connectivity index is 2.31. The Bertz CT molecular complexity index is 1020. The van der Waals surface area contributed by atoms with Crippen molar-refractivity contribution in [2.24, 2.45) is 0 Å². The summed E-state index contributed by atoms with van der Waals surface area (Å²) < 4.78 is 11.7. The van der Waals surface area contributed by atoms with Crippen LogP contribution in [0.15, 0.2) is 66.8 Å². The average Bonchev–Trinajstić information content (AvgIpc) is 2.85. The van der Waals surface area contributed by atoms with E-state index in [4.69, 9.17) is 0 Å². The van der Waals surface area contributed by atoms with Gasteiger partial charge in [-0.1, -0.05) is 74.4 Å². The molecule has 1 aromatic carbocycles. The molecule has 0 aromatic heterocycles. The Hall–Kier alpha value is -2.93. The lowest BCUT2D eigenvalue weighted by Crippen LogP contribution is -2.43. The monoisotopic (exact) mass is 547 g/mol. The highest BCUT2D eigenvalue weighted by molar-refractivity contribution is 7.60. The van der Waals surface area contributed by atoms with Crippen LogP contribution in [0.25, 0.3) is 0 Å². The minimum absolute atomic E-state index is 0.0463. The number of carbonyl (C=O) groups excluding carboxylic acids is 1. The van der Waals surface area contributed by atoms with Crippen molar-refractivity contribution in [3.8, 4) is 5.75 Å². The van der Waals surface area contributed by atoms with Gasteiger partial charge in [-0.3, -0.25) is 9.36 Å². The zero-order valence-corrected chi connectivity index (χ0v) is 23.1. The summed E-state index contributed by atoms with van der Waals surface area (Å²) in [6.07, 6.45) is 25.6. The molecule has 38 heavy (non-hydrogen) atoms. The van der Waals surface area contributed by atoms with Crippen LogP contribution in [0.2, 0.25) is 0 Å². The lowest BCUT2D eigenvalue weighted by Gasteiger charge is -2.17. The maximum atomic E-state index is 12.2. The van der Waals surface area contributed by atoms with Gasteiger partial charge in [0.05, 0.1) is 5.30 Å². The number of carboxylic acids is 1. The average molecular weight is 548 g/mol. The van der Waals surface area contributed by atoms with Crippen molar-refractivity contribution < 1.29 is 34.2 Å². The van der Waals surface area contributed by atoms with E-state index < -0.39 is 30.8 Å². The quantitative estimate of drug-likeness (QED) is 0.0880. The van der Waals surface area contributed by atoms with E-state index in [9.17, 15) is 34.2 Å². The Morgan fingerprint density at radius 1 is 0.895 bits per heavy atom. The Morgan fingerprint density at radius 3 is 1.97 bits per heavy atom. The first-order valence-corrected chi connectivity index (χ1v) is 14.8. The van der Waals surface area contributed by atoms with Crippen LogP contribution in [0.3, 0.4) is 0 Å². The van der Waals surface area contributed by atoms with Crippen LogP contribution in [0.5, 0.6) is 5.75 Å². The first-order valence-electron chi connectivity index (χ1n) is 13.1. The van der Waals surface area contributed by atoms with Crippen LogP contribution in [-0.4, -0.2) is 37.9 Å². The second kappa shape index (κ2) is 19.2. The first-order chi connectivity index (χ1) is 18.1. The standard InChI is InChI=1S/C29H42NO7P/c1-2-3-4-5-6-7-8-9-10-11-12-13-14-15-16-17-18-19-28(32)30-26(29(33)34)22-24-20-21-25(31)23-27(24)38(35,36)37/h6-7,9-10,12-13,15-16,20-21,23,26,31H,2-5,8,11,14,17-19,22H2,1H3,(H,30,32)(H,33,34)(H2,35,36,37)/b7-6-,10-9-,13-12-,16-15-/t26-/m0/s1. The fourth-order valence-corrected chi connectivity index (χ4v) is 4.46. The molecular weight excluding hydrogens is 505 g/mol. The number of nitrogens with one attached hydrogen (secondary N) is 1. The minimum Gasteiger partial charge on any atom is -0.508 e. The number of amides is 1. The van der Waals surface area contributed by atoms with E-state index in [0.29, 0.717) is 12.8 Å². The maximum Gasteiger partial charge on any atom is 0.356 e. The second-order valence-electron chi connectivity index (χ2n) is 9.00. The molecule has 1 amide bonds. The third kappa shape index (κ3) is 15.4. The molecule has 0 fully saturated rings. The predicted molar refractivity (Wildman–Crippen MR) is 151 cm³/mol. The van der Waals surface area contributed by atoms with E-state index in [2.05, 4.69) is 48.7 Å². The van der Waals surface area contributed by atoms with Crippen molar-refractivity contribution in [1.82, 2.24) is 5.32 Å². The van der Waals surface area contributed by atoms with E-state index in [1.165, 1.54) is 31.4 Å². The van der Waals surface area contributed by atoms with E-state index in [1.807, 2.05) is 12.2 Å². The maximum absolute atomic E-state index is 12.2. The predicted octanol–water partition coefficient (Wildman–Crippen LogP) is 5.45. The Kier molecular flexibility index (Phi) is 16.7. The molecule has 1 aromatic rings. The van der Waals surface area contributed by atoms with Gasteiger partial charge in [0.25, 0.3) is 0 Å². The number of phenols is 1. The number of benzene rings is 1. The van der Waals surface area contributed by atoms with E-state index in [1.54, 1.807) is 0 Å². The molecule has 0 saturated heterocycles. The van der Waals surface area contributed by atoms with Crippen LogP contribution < -0.4 is 10.6 Å². The normalized spacial score (nSPS) is 13.2. The molecule has 0 bridgehead atoms. The van der Waals surface area contributed by atoms with Crippen molar-refractivity contribution in [3.05, 3.63) is 72.4 Å². The van der Waals surface area contributed by atoms with Crippen LogP contribution in [0.1, 0.15) is 76.7 Å². The molecule has 1 rings (SSSR count). The number of rotatable bonds is 19. The number of hydrogen-bond acceptors (Lipinski definition) is 4. The number of carboxylic acid groups (broad SMARTS) is 1. The van der Waals surface area contributed by atoms with Gasteiger partial charge in [0, 0.05) is 12.8 Å². The van der Waals surface area contributed by atoms with Crippen molar-refractivity contribution in [2.75, 3.05) is 0 Å². The van der Waals surface area contributed by atoms with Gasteiger partial charge in [0.15, 0.2) is 0 Å². The fraction of sp³-hybridized carbons (Fsp3) is 0.448. The van der Waals surface area contributed by atoms with Crippen molar-refractivity contribution >= 4 is 24.8 Å². The fourth-order valence-electron chi connectivity index (χ4n) is 3.62. The summed E-state index contributed by atoms with van der Waals surface area (Å²) >= 11 is 0. The van der Waals surface area contributed by atoms with Gasteiger partial charge in [0.2, 0.25) is 5.91 Å². The molecule has 9 heteroatoms. The molecule has 8 nitrogen and oxygen atoms in total. The SMILES string of the molecule is CCCCC/C=C\C/C=C\C/C=C\C/C=C\CCCC(=O)N[C@@H](Cc1ccc(O)cc1P(=O)(O)O)C(=O)O. The molecule has 0 radical (unpaired) electrons. The summed E-state index contributed by atoms with van der Waals surface area (Å²) in [5, 5.41) is 20.9. The van der Waals surface area contributed by atoms with Crippen LogP contribution >= 0.6 is 7.60 Å². The molecule has 0 heterocycles. The third-order valence-electron chi connectivity index (χ3n) is 5.67. The number of carbonyl (C=O) groups is 2. The van der Waals surface area contributed by atoms with Crippen LogP contribution in [0.4, 0.5) is 0 Å². The molecule has 0 unspecified atom stereocenters. The molecule has 0 aliphatic carbocycles. The summed E-state index contributed by atoms with van der Waals surface area (Å²) in [6.45, 7) is 2.21. The topological polar surface area (TPSA) is 144 Å². The molecule has 210 valence electrons. The summed E-state index contributed by atoms with van der Waals surface area (Å²) in [7, 11) is -4.74. The molecular formula is C29H42NO7P. The Labute approximate surface area is 226 Å². The highest BCUT2D eigenvalue weighted by Crippen LogP contribution is 2.36. The van der Waals surface area contributed by atoms with Crippen molar-refractivity contribution in [2.45, 2.75) is 83.6 Å². The van der Waals surface area contributed by atoms with Crippen molar-refractivity contribution in [1.29, 1.82) is 0 Å². The zero-order chi connectivity index (χ0) is 28.2. The molecule has 0 spiro atoms. The lowest BCUT2D eigenvalue weighted by atomic mass is 10.1. The molecule has 0 aliphatic rings. The number of aliphatic carboxylic acids is 1. The van der Waals surface area contributed by atoms with Gasteiger partial charge in [-0.15, -0.1) is 0 Å². The minimum atomic E-state index is -4.74. The number of unbranched alkanes of at least 4 members (excludes halogenated alkanes) is 4. The highest BCUT2D eigenvalue weighted by Gasteiger charge is 2.27. The third-order valence-corrected chi connectivity index (χ3v) is 6.72. The van der Waals surface area contributed by atoms with Gasteiger partial charge in [0.1, 0.15) is 11.8 Å². The van der Waals surface area contributed by atoms with E-state index in [-0.39, 0.29) is 24.2 Å². The van der Waals surface area contributed by atoms with E-state index in [0.717, 1.165) is 31.7 Å². The van der Waals surface area contributed by atoms with Gasteiger partial charge in [-0.2, -0.15) is 0 Å². The zero-order valence-electron chi connectivity index (χ0n) is 22.2. The number of hydrogen-bond donors (Lipinski definition) is 5. The van der Waals surface area contributed by atoms with Crippen LogP contribution in [-0.2, 0) is 20.6 Å². The number of phenolic OH excluding ortho intramolecular Hbond substituents is 1. The number of aromatic hydroxyl groups is 1. The summed E-state index contributed by atoms with van der Waals surface area (Å²) in [6, 6.07) is 2.01. The summed E-state index contributed by atoms with van der Waals surface area (Å²) in [4.78, 5) is 42.8. The second-order valence-corrected chi connectivity index (χ2v) is 10.6. The highest BCUT2D eigenvalue weighted by atomic mass is 31.2. The number of allylic oxidation sites excluding steroid dienone is 8. The summed E-state index contributed by atoms with van der Waals surface area (Å²) in [5.74, 6) is -2.12. The van der Waals surface area contributed by atoms with Crippen molar-refractivity contribution in [3.63, 3.8) is 0 Å². The first kappa shape index (κ1) is 33.1. The molecule has 5 N–H and O–H groups in total. The molecule has 1 atom stereocenters. The lowest BCUT2D eigenvalue weighted by molar-refractivity contribution is -0.141. The molecule has 0 saturated carbocycles. The van der Waals surface area contributed by atoms with Gasteiger partial charge >= 0.3 is 13.6 Å². The van der Waals surface area contributed by atoms with Crippen LogP contribution in [0, 0.1) is 0 Å². The van der Waals surface area contributed by atoms with E-state index >= 15 is 0 Å². The summed E-state index contributed by atoms with van der Waals surface area (Å²) in [5.41, 5.74) is 0.0463. The Morgan fingerprint density at radius 2 is 1.45 bits per heavy atom. The van der Waals surface area contributed by atoms with Gasteiger partial charge < -0.3 is 25.3 Å².